The number of ketones is 2. The van der Waals surface area contributed by atoms with E-state index in [1.54, 1.807) is 50.0 Å². The minimum atomic E-state index is -0.212. The van der Waals surface area contributed by atoms with Gasteiger partial charge in [-0.15, -0.1) is 0 Å². The monoisotopic (exact) mass is 442 g/mol. The van der Waals surface area contributed by atoms with Gasteiger partial charge in [-0.05, 0) is 0 Å². The van der Waals surface area contributed by atoms with Gasteiger partial charge in [0.2, 0.25) is 23.1 Å². The van der Waals surface area contributed by atoms with E-state index in [1.807, 2.05) is 6.92 Å². The van der Waals surface area contributed by atoms with Crippen molar-refractivity contribution in [1.82, 2.24) is 9.97 Å². The Bertz CT molecular complexity index is 1000. The Labute approximate surface area is 173 Å². The first-order chi connectivity index (χ1) is 13.1. The van der Waals surface area contributed by atoms with Crippen LogP contribution >= 0.6 is 0 Å². The quantitative estimate of drug-likeness (QED) is 0.564. The number of carbonyl (C=O) groups is 2. The third-order valence-corrected chi connectivity index (χ3v) is 5.12. The summed E-state index contributed by atoms with van der Waals surface area (Å²) < 4.78 is 5.43. The Kier molecular flexibility index (Phi) is 5.64. The number of amidine groups is 1. The highest BCUT2D eigenvalue weighted by molar-refractivity contribution is 6.27. The first kappa shape index (κ1) is 20.2. The zero-order valence-electron chi connectivity index (χ0n) is 15.6. The van der Waals surface area contributed by atoms with Crippen molar-refractivity contribution in [2.45, 2.75) is 13.5 Å². The molecule has 2 aromatic rings. The summed E-state index contributed by atoms with van der Waals surface area (Å²) in [5, 5.41) is 0. The lowest BCUT2D eigenvalue weighted by atomic mass is 9.89. The summed E-state index contributed by atoms with van der Waals surface area (Å²) in [5.74, 6) is 0.300. The zero-order chi connectivity index (χ0) is 19.0. The van der Waals surface area contributed by atoms with Crippen molar-refractivity contribution in [2.75, 3.05) is 20.3 Å². The normalized spacial score (nSPS) is 20.4. The van der Waals surface area contributed by atoms with Crippen molar-refractivity contribution in [3.63, 3.8) is 0 Å². The van der Waals surface area contributed by atoms with Crippen molar-refractivity contribution >= 4 is 17.4 Å². The molecule has 1 aliphatic heterocycles. The fraction of sp³-hybridized carbons (Fsp3) is 0.250. The van der Waals surface area contributed by atoms with Gasteiger partial charge in [-0.2, -0.15) is 4.99 Å². The third-order valence-electron chi connectivity index (χ3n) is 5.12. The number of hydrogen-bond acceptors (Lipinski definition) is 6. The van der Waals surface area contributed by atoms with E-state index >= 15 is 0 Å². The first-order valence-electron chi connectivity index (χ1n) is 8.68. The van der Waals surface area contributed by atoms with Crippen LogP contribution < -0.4 is 17.0 Å². The van der Waals surface area contributed by atoms with E-state index in [2.05, 4.69) is 15.0 Å². The Morgan fingerprint density at radius 2 is 1.79 bits per heavy atom. The molecule has 0 spiro atoms. The minimum Gasteiger partial charge on any atom is -1.00 e. The molecule has 4 rings (SSSR count). The second-order valence-corrected chi connectivity index (χ2v) is 6.60. The molecule has 0 N–H and O–H groups in total. The zero-order valence-corrected chi connectivity index (χ0v) is 17.1. The Morgan fingerprint density at radius 3 is 2.43 bits per heavy atom. The predicted octanol–water partition coefficient (Wildman–Crippen LogP) is -0.833. The molecule has 1 atom stereocenters. The van der Waals surface area contributed by atoms with Crippen LogP contribution in [-0.4, -0.2) is 52.1 Å². The molecule has 1 aromatic heterocycles. The number of allylic oxidation sites excluding steroid dienone is 2. The van der Waals surface area contributed by atoms with Gasteiger partial charge < -0.3 is 21.7 Å². The largest absolute Gasteiger partial charge is 1.00 e. The molecule has 7 nitrogen and oxygen atoms in total. The van der Waals surface area contributed by atoms with Crippen LogP contribution in [-0.2, 0) is 11.3 Å². The summed E-state index contributed by atoms with van der Waals surface area (Å²) in [4.78, 5) is 39.4. The molecular weight excluding hydrogens is 424 g/mol. The predicted molar refractivity (Wildman–Crippen MR) is 98.0 cm³/mol. The molecule has 0 bridgehead atoms. The molecular formula is C20H19BrN4O3. The lowest BCUT2D eigenvalue weighted by Gasteiger charge is -2.35. The number of halogens is 1. The molecule has 2 heterocycles. The number of benzene rings is 1. The van der Waals surface area contributed by atoms with E-state index in [1.165, 1.54) is 0 Å². The van der Waals surface area contributed by atoms with Gasteiger partial charge in [-0.1, -0.05) is 24.3 Å². The van der Waals surface area contributed by atoms with Crippen molar-refractivity contribution < 1.29 is 35.8 Å². The summed E-state index contributed by atoms with van der Waals surface area (Å²) in [5.41, 5.74) is 2.18. The van der Waals surface area contributed by atoms with Crippen LogP contribution in [0.5, 0.6) is 0 Å². The van der Waals surface area contributed by atoms with Crippen LogP contribution in [0.15, 0.2) is 59.2 Å². The summed E-state index contributed by atoms with van der Waals surface area (Å²) in [6.45, 7) is 3.11. The van der Waals surface area contributed by atoms with Gasteiger partial charge >= 0.3 is 0 Å². The van der Waals surface area contributed by atoms with E-state index < -0.39 is 0 Å². The molecule has 1 unspecified atom stereocenters. The maximum absolute atomic E-state index is 13.4. The van der Waals surface area contributed by atoms with Gasteiger partial charge in [0, 0.05) is 37.6 Å². The average Bonchev–Trinajstić information content (AvgIpc) is 2.98. The van der Waals surface area contributed by atoms with E-state index in [9.17, 15) is 9.59 Å². The number of ether oxygens (including phenoxy) is 1. The smallest absolute Gasteiger partial charge is 0.249 e. The molecule has 28 heavy (non-hydrogen) atoms. The van der Waals surface area contributed by atoms with Crippen molar-refractivity contribution in [1.29, 1.82) is 0 Å². The minimum absolute atomic E-state index is 0. The molecule has 0 amide bonds. The third kappa shape index (κ3) is 3.03. The maximum Gasteiger partial charge on any atom is 0.249 e. The number of hydrogen-bond donors (Lipinski definition) is 0. The SMILES string of the molecule is COCC[N+]1(Cc2cnccn2)C(C)=NC2=C1C(=O)c1ccccc1C2=O.[Br-]. The van der Waals surface area contributed by atoms with Gasteiger partial charge in [0.15, 0.2) is 5.70 Å². The standard InChI is InChI=1S/C20H19N4O3.BrH/c1-13-23-17-18(20(26)16-6-4-3-5-15(16)19(17)25)24(13,9-10-27-2)12-14-11-21-7-8-22-14;/h3-8,11H,9-10,12H2,1-2H3;1H/q+1;/p-1. The van der Waals surface area contributed by atoms with Gasteiger partial charge in [0.05, 0.1) is 12.8 Å². The number of rotatable bonds is 5. The number of quaternary nitrogens is 1. The second-order valence-electron chi connectivity index (χ2n) is 6.60. The maximum atomic E-state index is 13.4. The van der Waals surface area contributed by atoms with E-state index in [0.717, 1.165) is 5.69 Å². The molecule has 1 aromatic carbocycles. The van der Waals surface area contributed by atoms with Gasteiger partial charge in [-0.25, -0.2) is 4.48 Å². The molecule has 0 saturated heterocycles. The summed E-state index contributed by atoms with van der Waals surface area (Å²) in [6, 6.07) is 6.90. The van der Waals surface area contributed by atoms with Crippen molar-refractivity contribution in [3.05, 3.63) is 71.1 Å². The van der Waals surface area contributed by atoms with Crippen LogP contribution in [0.2, 0.25) is 0 Å². The lowest BCUT2D eigenvalue weighted by molar-refractivity contribution is -0.811. The summed E-state index contributed by atoms with van der Waals surface area (Å²) in [7, 11) is 1.61. The van der Waals surface area contributed by atoms with Crippen molar-refractivity contribution in [3.8, 4) is 0 Å². The highest BCUT2D eigenvalue weighted by Gasteiger charge is 2.52. The molecule has 2 aliphatic rings. The van der Waals surface area contributed by atoms with Crippen LogP contribution in [0.4, 0.5) is 0 Å². The van der Waals surface area contributed by atoms with Gasteiger partial charge in [-0.3, -0.25) is 19.6 Å². The second kappa shape index (κ2) is 7.83. The average molecular weight is 443 g/mol. The van der Waals surface area contributed by atoms with E-state index in [0.29, 0.717) is 42.4 Å². The number of nitrogens with zero attached hydrogens (tertiary/aromatic N) is 4. The van der Waals surface area contributed by atoms with Gasteiger partial charge in [0.25, 0.3) is 0 Å². The highest BCUT2D eigenvalue weighted by atomic mass is 79.9. The number of aromatic nitrogens is 2. The number of methoxy groups -OCH3 is 1. The van der Waals surface area contributed by atoms with E-state index in [4.69, 9.17) is 4.74 Å². The number of Topliss-reactive ketones (excluding diaryl/α,β-unsaturated/α-hetero) is 2. The number of aliphatic imine (C=N–C) groups is 1. The Morgan fingerprint density at radius 1 is 1.07 bits per heavy atom. The molecule has 0 radical (unpaired) electrons. The van der Waals surface area contributed by atoms with Crippen molar-refractivity contribution in [2.24, 2.45) is 4.99 Å². The van der Waals surface area contributed by atoms with Gasteiger partial charge in [0.1, 0.15) is 18.8 Å². The topological polar surface area (TPSA) is 81.5 Å². The van der Waals surface area contributed by atoms with Crippen LogP contribution in [0, 0.1) is 0 Å². The number of fused-ring (bicyclic) bond motifs is 1. The van der Waals surface area contributed by atoms with Crippen LogP contribution in [0.25, 0.3) is 0 Å². The Balaban J connectivity index is 0.00000225. The molecule has 0 fully saturated rings. The highest BCUT2D eigenvalue weighted by Crippen LogP contribution is 2.39. The van der Waals surface area contributed by atoms with Crippen LogP contribution in [0.3, 0.4) is 0 Å². The van der Waals surface area contributed by atoms with Crippen LogP contribution in [0.1, 0.15) is 33.3 Å². The first-order valence-corrected chi connectivity index (χ1v) is 8.68. The fourth-order valence-electron chi connectivity index (χ4n) is 3.75. The fourth-order valence-corrected chi connectivity index (χ4v) is 3.75. The summed E-state index contributed by atoms with van der Waals surface area (Å²) >= 11 is 0. The molecule has 8 heteroatoms. The molecule has 0 saturated carbocycles. The lowest BCUT2D eigenvalue weighted by Crippen LogP contribution is -3.00. The van der Waals surface area contributed by atoms with E-state index in [-0.39, 0.29) is 38.7 Å². The molecule has 1 aliphatic carbocycles. The molecule has 144 valence electrons. The summed E-state index contributed by atoms with van der Waals surface area (Å²) in [6.07, 6.45) is 4.88. The Hall–Kier alpha value is -2.55. The number of carbonyl (C=O) groups excluding carboxylic acids is 2.